The molecule has 4 nitrogen and oxygen atoms in total. The van der Waals surface area contributed by atoms with E-state index in [2.05, 4.69) is 22.3 Å². The molecule has 8 heteroatoms. The molecule has 1 saturated heterocycles. The molecule has 2 aliphatic heterocycles. The summed E-state index contributed by atoms with van der Waals surface area (Å²) in [6.07, 6.45) is 2.44. The average Bonchev–Trinajstić information content (AvgIpc) is 2.70. The molecule has 0 radical (unpaired) electrons. The van der Waals surface area contributed by atoms with Crippen molar-refractivity contribution in [2.24, 2.45) is 5.92 Å². The van der Waals surface area contributed by atoms with E-state index in [1.165, 1.54) is 23.3 Å². The summed E-state index contributed by atoms with van der Waals surface area (Å²) in [5.74, 6) is -0.578. The number of benzene rings is 2. The molecule has 0 saturated carbocycles. The Labute approximate surface area is 182 Å². The Kier molecular flexibility index (Phi) is 7.23. The van der Waals surface area contributed by atoms with Gasteiger partial charge in [0.1, 0.15) is 11.2 Å². The summed E-state index contributed by atoms with van der Waals surface area (Å²) in [4.78, 5) is 2.19. The summed E-state index contributed by atoms with van der Waals surface area (Å²) < 4.78 is 40.9. The van der Waals surface area contributed by atoms with Crippen molar-refractivity contribution >= 4 is 33.8 Å². The zero-order chi connectivity index (χ0) is 19.7. The second-order valence-electron chi connectivity index (χ2n) is 7.59. The van der Waals surface area contributed by atoms with Gasteiger partial charge in [-0.15, -0.1) is 12.4 Å². The van der Waals surface area contributed by atoms with Crippen molar-refractivity contribution in [1.82, 2.24) is 10.2 Å². The second-order valence-corrected chi connectivity index (χ2v) is 10.0. The Bertz CT molecular complexity index is 965. The molecule has 0 spiro atoms. The van der Waals surface area contributed by atoms with Crippen LogP contribution in [0, 0.1) is 11.7 Å². The predicted octanol–water partition coefficient (Wildman–Crippen LogP) is 4.06. The van der Waals surface area contributed by atoms with Crippen LogP contribution in [0.1, 0.15) is 24.0 Å². The Balaban J connectivity index is 0.00000240. The van der Waals surface area contributed by atoms with Gasteiger partial charge in [0.15, 0.2) is 9.84 Å². The van der Waals surface area contributed by atoms with Crippen LogP contribution in [0.4, 0.5) is 4.39 Å². The van der Waals surface area contributed by atoms with E-state index in [-0.39, 0.29) is 28.2 Å². The SMILES string of the molecule is Cl.O=S(=O)(c1ccc(F)c(Cl)c1)C(C1CCNCC1)N1CCc2ccccc2C1. The topological polar surface area (TPSA) is 49.4 Å². The molecule has 0 bridgehead atoms. The van der Waals surface area contributed by atoms with Crippen LogP contribution < -0.4 is 5.32 Å². The van der Waals surface area contributed by atoms with E-state index in [4.69, 9.17) is 11.6 Å². The first-order valence-corrected chi connectivity index (χ1v) is 11.6. The maximum Gasteiger partial charge on any atom is 0.194 e. The lowest BCUT2D eigenvalue weighted by Crippen LogP contribution is -2.50. The summed E-state index contributed by atoms with van der Waals surface area (Å²) in [6.45, 7) is 2.93. The number of nitrogens with zero attached hydrogens (tertiary/aromatic N) is 1. The van der Waals surface area contributed by atoms with Crippen LogP contribution in [0.3, 0.4) is 0 Å². The van der Waals surface area contributed by atoms with E-state index < -0.39 is 21.0 Å². The van der Waals surface area contributed by atoms with E-state index >= 15 is 0 Å². The fraction of sp³-hybridized carbons (Fsp3) is 0.429. The lowest BCUT2D eigenvalue weighted by molar-refractivity contribution is 0.159. The molecule has 0 aliphatic carbocycles. The van der Waals surface area contributed by atoms with Gasteiger partial charge in [0, 0.05) is 13.1 Å². The van der Waals surface area contributed by atoms with Crippen LogP contribution in [0.5, 0.6) is 0 Å². The quantitative estimate of drug-likeness (QED) is 0.701. The zero-order valence-electron chi connectivity index (χ0n) is 16.0. The summed E-state index contributed by atoms with van der Waals surface area (Å²) >= 11 is 5.90. The van der Waals surface area contributed by atoms with Crippen LogP contribution in [0.25, 0.3) is 0 Å². The molecule has 2 aliphatic rings. The third-order valence-corrected chi connectivity index (χ3v) is 8.36. The highest BCUT2D eigenvalue weighted by atomic mass is 35.5. The van der Waals surface area contributed by atoms with E-state index in [9.17, 15) is 12.8 Å². The fourth-order valence-electron chi connectivity index (χ4n) is 4.41. The monoisotopic (exact) mass is 458 g/mol. The molecule has 1 fully saturated rings. The van der Waals surface area contributed by atoms with Gasteiger partial charge in [-0.3, -0.25) is 4.90 Å². The minimum atomic E-state index is -3.70. The molecule has 2 heterocycles. The fourth-order valence-corrected chi connectivity index (χ4v) is 6.82. The Morgan fingerprint density at radius 1 is 1.10 bits per heavy atom. The standard InChI is InChI=1S/C21H24ClFN2O2S.ClH/c22-19-13-18(5-6-20(19)23)28(26,27)21(16-7-10-24-11-8-16)25-12-9-15-3-1-2-4-17(15)14-25;/h1-6,13,16,21,24H,7-12,14H2;1H. The van der Waals surface area contributed by atoms with Crippen molar-refractivity contribution < 1.29 is 12.8 Å². The Hall–Kier alpha value is -1.18. The highest BCUT2D eigenvalue weighted by Crippen LogP contribution is 2.34. The van der Waals surface area contributed by atoms with Crippen molar-refractivity contribution in [2.45, 2.75) is 36.1 Å². The average molecular weight is 459 g/mol. The van der Waals surface area contributed by atoms with Crippen LogP contribution in [-0.2, 0) is 22.8 Å². The molecule has 2 aromatic carbocycles. The molecule has 1 N–H and O–H groups in total. The third kappa shape index (κ3) is 4.62. The van der Waals surface area contributed by atoms with Gasteiger partial charge >= 0.3 is 0 Å². The van der Waals surface area contributed by atoms with E-state index in [1.807, 2.05) is 12.1 Å². The van der Waals surface area contributed by atoms with E-state index in [0.717, 1.165) is 38.4 Å². The molecular weight excluding hydrogens is 434 g/mol. The predicted molar refractivity (Wildman–Crippen MR) is 116 cm³/mol. The van der Waals surface area contributed by atoms with Crippen LogP contribution in [0.15, 0.2) is 47.4 Å². The molecule has 1 unspecified atom stereocenters. The van der Waals surface area contributed by atoms with Crippen molar-refractivity contribution in [1.29, 1.82) is 0 Å². The first kappa shape index (κ1) is 22.5. The van der Waals surface area contributed by atoms with Crippen molar-refractivity contribution in [3.63, 3.8) is 0 Å². The normalized spacial score (nSPS) is 19.2. The molecule has 158 valence electrons. The number of halogens is 3. The minimum Gasteiger partial charge on any atom is -0.317 e. The van der Waals surface area contributed by atoms with Gasteiger partial charge in [0.2, 0.25) is 0 Å². The van der Waals surface area contributed by atoms with E-state index in [0.29, 0.717) is 13.1 Å². The van der Waals surface area contributed by atoms with Gasteiger partial charge in [0.05, 0.1) is 9.92 Å². The number of piperidine rings is 1. The summed E-state index contributed by atoms with van der Waals surface area (Å²) in [5.41, 5.74) is 2.46. The van der Waals surface area contributed by atoms with Crippen molar-refractivity contribution in [3.8, 4) is 0 Å². The van der Waals surface area contributed by atoms with Gasteiger partial charge in [-0.05, 0) is 67.6 Å². The molecular formula is C21H25Cl2FN2O2S. The van der Waals surface area contributed by atoms with Gasteiger partial charge in [0.25, 0.3) is 0 Å². The summed E-state index contributed by atoms with van der Waals surface area (Å²) in [7, 11) is -3.70. The zero-order valence-corrected chi connectivity index (χ0v) is 18.4. The van der Waals surface area contributed by atoms with Crippen LogP contribution >= 0.6 is 24.0 Å². The second kappa shape index (κ2) is 9.31. The minimum absolute atomic E-state index is 0. The Morgan fingerprint density at radius 2 is 1.79 bits per heavy atom. The third-order valence-electron chi connectivity index (χ3n) is 5.84. The van der Waals surface area contributed by atoms with Crippen LogP contribution in [-0.4, -0.2) is 38.3 Å². The van der Waals surface area contributed by atoms with Crippen LogP contribution in [0.2, 0.25) is 5.02 Å². The molecule has 0 aromatic heterocycles. The van der Waals surface area contributed by atoms with Gasteiger partial charge in [-0.2, -0.15) is 0 Å². The molecule has 2 aromatic rings. The Morgan fingerprint density at radius 3 is 2.48 bits per heavy atom. The lowest BCUT2D eigenvalue weighted by Gasteiger charge is -2.40. The van der Waals surface area contributed by atoms with Gasteiger partial charge < -0.3 is 5.32 Å². The molecule has 0 amide bonds. The highest BCUT2D eigenvalue weighted by molar-refractivity contribution is 7.92. The highest BCUT2D eigenvalue weighted by Gasteiger charge is 2.40. The van der Waals surface area contributed by atoms with Crippen molar-refractivity contribution in [3.05, 3.63) is 64.4 Å². The maximum absolute atomic E-state index is 13.7. The first-order chi connectivity index (χ1) is 13.5. The number of hydrogen-bond donors (Lipinski definition) is 1. The largest absolute Gasteiger partial charge is 0.317 e. The number of fused-ring (bicyclic) bond motifs is 1. The first-order valence-electron chi connectivity index (χ1n) is 9.67. The maximum atomic E-state index is 13.7. The number of nitrogens with one attached hydrogen (secondary N) is 1. The number of sulfone groups is 1. The lowest BCUT2D eigenvalue weighted by atomic mass is 9.94. The number of hydrogen-bond acceptors (Lipinski definition) is 4. The van der Waals surface area contributed by atoms with Crippen molar-refractivity contribution in [2.75, 3.05) is 19.6 Å². The molecule has 4 rings (SSSR count). The smallest absolute Gasteiger partial charge is 0.194 e. The number of rotatable bonds is 4. The summed E-state index contributed by atoms with van der Waals surface area (Å²) in [5, 5.41) is 2.52. The summed E-state index contributed by atoms with van der Waals surface area (Å²) in [6, 6.07) is 11.9. The van der Waals surface area contributed by atoms with E-state index in [1.54, 1.807) is 0 Å². The molecule has 1 atom stereocenters. The van der Waals surface area contributed by atoms with Gasteiger partial charge in [-0.25, -0.2) is 12.8 Å². The molecule has 29 heavy (non-hydrogen) atoms. The van der Waals surface area contributed by atoms with Gasteiger partial charge in [-0.1, -0.05) is 35.9 Å².